The fourth-order valence-electron chi connectivity index (χ4n) is 1.99. The van der Waals surface area contributed by atoms with Crippen molar-refractivity contribution >= 4 is 11.9 Å². The largest absolute Gasteiger partial charge is 0.466 e. The second kappa shape index (κ2) is 8.19. The molecule has 1 heterocycles. The Hall–Kier alpha value is -2.77. The highest BCUT2D eigenvalue weighted by atomic mass is 19.1. The van der Waals surface area contributed by atoms with E-state index >= 15 is 0 Å². The number of carbonyl (C=O) groups excluding carboxylic acids is 2. The molecule has 2 rings (SSSR count). The third-order valence-electron chi connectivity index (χ3n) is 3.30. The summed E-state index contributed by atoms with van der Waals surface area (Å²) in [4.78, 5) is 24.1. The van der Waals surface area contributed by atoms with E-state index in [4.69, 9.17) is 4.74 Å². The van der Waals surface area contributed by atoms with E-state index in [9.17, 15) is 14.0 Å². The third-order valence-corrected chi connectivity index (χ3v) is 3.30. The maximum atomic E-state index is 13.0. The maximum absolute atomic E-state index is 13.0. The number of benzene rings is 1. The predicted octanol–water partition coefficient (Wildman–Crippen LogP) is 2.29. The van der Waals surface area contributed by atoms with Gasteiger partial charge in [0.25, 0.3) is 0 Å². The van der Waals surface area contributed by atoms with Crippen LogP contribution in [0.1, 0.15) is 41.9 Å². The molecule has 0 saturated carbocycles. The number of methoxy groups -OCH3 is 1. The molecule has 0 unspecified atom stereocenters. The number of rotatable bonds is 7. The number of aromatic nitrogens is 3. The normalized spacial score (nSPS) is 11.8. The van der Waals surface area contributed by atoms with Gasteiger partial charge in [0, 0.05) is 12.1 Å². The van der Waals surface area contributed by atoms with Gasteiger partial charge in [0.2, 0.25) is 6.10 Å². The average molecular weight is 335 g/mol. The van der Waals surface area contributed by atoms with E-state index in [-0.39, 0.29) is 5.69 Å². The standard InChI is InChI=1S/C16H18FN3O4/c1-3-4-9-20-10-13(18-19-20)15(21)24-14(16(22)23-2)11-5-7-12(17)8-6-11/h5-8,10,14H,3-4,9H2,1-2H3/t14-/m0/s1. The lowest BCUT2D eigenvalue weighted by Crippen LogP contribution is -2.21. The van der Waals surface area contributed by atoms with Gasteiger partial charge in [0.15, 0.2) is 5.69 Å². The number of esters is 2. The zero-order valence-corrected chi connectivity index (χ0v) is 13.4. The van der Waals surface area contributed by atoms with Gasteiger partial charge in [-0.15, -0.1) is 5.10 Å². The second-order valence-electron chi connectivity index (χ2n) is 5.08. The van der Waals surface area contributed by atoms with Gasteiger partial charge in [0.05, 0.1) is 13.3 Å². The van der Waals surface area contributed by atoms with Gasteiger partial charge in [-0.2, -0.15) is 0 Å². The summed E-state index contributed by atoms with van der Waals surface area (Å²) >= 11 is 0. The third kappa shape index (κ3) is 4.37. The predicted molar refractivity (Wildman–Crippen MR) is 81.5 cm³/mol. The molecule has 1 aromatic carbocycles. The first kappa shape index (κ1) is 17.6. The van der Waals surface area contributed by atoms with Crippen LogP contribution in [0.3, 0.4) is 0 Å². The minimum Gasteiger partial charge on any atom is -0.466 e. The number of ether oxygens (including phenoxy) is 2. The first-order valence-corrected chi connectivity index (χ1v) is 7.49. The molecule has 1 aromatic heterocycles. The number of unbranched alkanes of at least 4 members (excludes halogenated alkanes) is 1. The average Bonchev–Trinajstić information content (AvgIpc) is 3.07. The van der Waals surface area contributed by atoms with Crippen LogP contribution in [0.5, 0.6) is 0 Å². The first-order chi connectivity index (χ1) is 11.5. The molecule has 0 saturated heterocycles. The van der Waals surface area contributed by atoms with Gasteiger partial charge in [-0.1, -0.05) is 30.7 Å². The van der Waals surface area contributed by atoms with Gasteiger partial charge < -0.3 is 9.47 Å². The fraction of sp³-hybridized carbons (Fsp3) is 0.375. The summed E-state index contributed by atoms with van der Waals surface area (Å²) < 4.78 is 24.4. The molecule has 1 atom stereocenters. The molecular formula is C16H18FN3O4. The molecule has 0 aliphatic heterocycles. The van der Waals surface area contributed by atoms with E-state index < -0.39 is 23.9 Å². The lowest BCUT2D eigenvalue weighted by molar-refractivity contribution is -0.151. The van der Waals surface area contributed by atoms with Crippen LogP contribution in [0.2, 0.25) is 0 Å². The molecule has 0 amide bonds. The van der Waals surface area contributed by atoms with E-state index in [1.54, 1.807) is 0 Å². The molecular weight excluding hydrogens is 317 g/mol. The highest BCUT2D eigenvalue weighted by Crippen LogP contribution is 2.21. The molecule has 24 heavy (non-hydrogen) atoms. The summed E-state index contributed by atoms with van der Waals surface area (Å²) in [6, 6.07) is 5.03. The van der Waals surface area contributed by atoms with Crippen molar-refractivity contribution in [2.24, 2.45) is 0 Å². The lowest BCUT2D eigenvalue weighted by Gasteiger charge is -2.15. The summed E-state index contributed by atoms with van der Waals surface area (Å²) in [6.07, 6.45) is 2.04. The second-order valence-corrected chi connectivity index (χ2v) is 5.08. The highest BCUT2D eigenvalue weighted by molar-refractivity contribution is 5.89. The SMILES string of the molecule is CCCCn1cc(C(=O)O[C@H](C(=O)OC)c2ccc(F)cc2)nn1. The van der Waals surface area contributed by atoms with E-state index in [0.29, 0.717) is 12.1 Å². The van der Waals surface area contributed by atoms with Crippen molar-refractivity contribution in [1.82, 2.24) is 15.0 Å². The molecule has 0 aliphatic rings. The highest BCUT2D eigenvalue weighted by Gasteiger charge is 2.27. The van der Waals surface area contributed by atoms with Crippen LogP contribution in [-0.2, 0) is 20.8 Å². The van der Waals surface area contributed by atoms with Crippen molar-refractivity contribution in [2.45, 2.75) is 32.4 Å². The van der Waals surface area contributed by atoms with Gasteiger partial charge >= 0.3 is 11.9 Å². The van der Waals surface area contributed by atoms with Crippen molar-refractivity contribution in [2.75, 3.05) is 7.11 Å². The number of aryl methyl sites for hydroxylation is 1. The number of halogens is 1. The van der Waals surface area contributed by atoms with E-state index in [1.807, 2.05) is 6.92 Å². The molecule has 128 valence electrons. The fourth-order valence-corrected chi connectivity index (χ4v) is 1.99. The molecule has 0 fully saturated rings. The number of hydrogen-bond donors (Lipinski definition) is 0. The Morgan fingerprint density at radius 2 is 2.00 bits per heavy atom. The minimum atomic E-state index is -1.30. The minimum absolute atomic E-state index is 0.0119. The van der Waals surface area contributed by atoms with Crippen LogP contribution < -0.4 is 0 Å². The van der Waals surface area contributed by atoms with E-state index in [2.05, 4.69) is 15.0 Å². The van der Waals surface area contributed by atoms with Crippen molar-refractivity contribution < 1.29 is 23.5 Å². The van der Waals surface area contributed by atoms with Crippen molar-refractivity contribution in [3.63, 3.8) is 0 Å². The van der Waals surface area contributed by atoms with E-state index in [0.717, 1.165) is 12.8 Å². The Labute approximate surface area is 138 Å². The van der Waals surface area contributed by atoms with Crippen LogP contribution in [0.4, 0.5) is 4.39 Å². The van der Waals surface area contributed by atoms with Crippen molar-refractivity contribution in [1.29, 1.82) is 0 Å². The summed E-state index contributed by atoms with van der Waals surface area (Å²) in [7, 11) is 1.17. The first-order valence-electron chi connectivity index (χ1n) is 7.49. The van der Waals surface area contributed by atoms with Gasteiger partial charge in [-0.3, -0.25) is 4.68 Å². The zero-order valence-electron chi connectivity index (χ0n) is 13.4. The molecule has 0 aliphatic carbocycles. The monoisotopic (exact) mass is 335 g/mol. The lowest BCUT2D eigenvalue weighted by atomic mass is 10.1. The molecule has 7 nitrogen and oxygen atoms in total. The Bertz CT molecular complexity index is 700. The smallest absolute Gasteiger partial charge is 0.361 e. The van der Waals surface area contributed by atoms with Gasteiger partial charge in [0.1, 0.15) is 5.82 Å². The maximum Gasteiger partial charge on any atom is 0.361 e. The summed E-state index contributed by atoms with van der Waals surface area (Å²) in [5.74, 6) is -2.04. The summed E-state index contributed by atoms with van der Waals surface area (Å²) in [5, 5.41) is 7.57. The molecule has 0 spiro atoms. The Morgan fingerprint density at radius 1 is 1.29 bits per heavy atom. The summed E-state index contributed by atoms with van der Waals surface area (Å²) in [5.41, 5.74) is 0.289. The Kier molecular flexibility index (Phi) is 6.00. The van der Waals surface area contributed by atoms with Crippen LogP contribution in [-0.4, -0.2) is 34.0 Å². The molecule has 0 N–H and O–H groups in total. The molecule has 0 bridgehead atoms. The van der Waals surface area contributed by atoms with Crippen LogP contribution >= 0.6 is 0 Å². The van der Waals surface area contributed by atoms with Gasteiger partial charge in [-0.25, -0.2) is 14.0 Å². The van der Waals surface area contributed by atoms with Crippen molar-refractivity contribution in [3.05, 3.63) is 47.5 Å². The number of hydrogen-bond acceptors (Lipinski definition) is 6. The van der Waals surface area contributed by atoms with Crippen LogP contribution in [0, 0.1) is 5.82 Å². The molecule has 2 aromatic rings. The van der Waals surface area contributed by atoms with Crippen LogP contribution in [0.15, 0.2) is 30.5 Å². The molecule has 0 radical (unpaired) electrons. The number of nitrogens with zero attached hydrogens (tertiary/aromatic N) is 3. The quantitative estimate of drug-likeness (QED) is 0.722. The van der Waals surface area contributed by atoms with Gasteiger partial charge in [-0.05, 0) is 18.6 Å². The Balaban J connectivity index is 2.13. The van der Waals surface area contributed by atoms with Crippen LogP contribution in [0.25, 0.3) is 0 Å². The summed E-state index contributed by atoms with van der Waals surface area (Å²) in [6.45, 7) is 2.67. The topological polar surface area (TPSA) is 83.3 Å². The number of carbonyl (C=O) groups is 2. The zero-order chi connectivity index (χ0) is 17.5. The van der Waals surface area contributed by atoms with E-state index in [1.165, 1.54) is 42.3 Å². The Morgan fingerprint density at radius 3 is 2.62 bits per heavy atom. The van der Waals surface area contributed by atoms with Crippen molar-refractivity contribution in [3.8, 4) is 0 Å². The molecule has 8 heteroatoms.